The lowest BCUT2D eigenvalue weighted by molar-refractivity contribution is 0.0516. The molecule has 0 saturated heterocycles. The van der Waals surface area contributed by atoms with Gasteiger partial charge in [0.05, 0.1) is 25.0 Å². The van der Waals surface area contributed by atoms with Gasteiger partial charge in [-0.05, 0) is 67.3 Å². The number of methoxy groups -OCH3 is 1. The van der Waals surface area contributed by atoms with Crippen LogP contribution in [0.3, 0.4) is 0 Å². The largest absolute Gasteiger partial charge is 0.497 e. The molecule has 0 amide bonds. The van der Waals surface area contributed by atoms with Gasteiger partial charge in [0.2, 0.25) is 0 Å². The zero-order valence-electron chi connectivity index (χ0n) is 15.2. The van der Waals surface area contributed by atoms with E-state index >= 15 is 0 Å². The number of oxime groups is 1. The minimum Gasteiger partial charge on any atom is -0.497 e. The number of rotatable bonds is 7. The van der Waals surface area contributed by atoms with E-state index in [1.165, 1.54) is 0 Å². The summed E-state index contributed by atoms with van der Waals surface area (Å²) >= 11 is 0. The van der Waals surface area contributed by atoms with Gasteiger partial charge in [-0.1, -0.05) is 18.5 Å². The van der Waals surface area contributed by atoms with E-state index in [-0.39, 0.29) is 0 Å². The minimum atomic E-state index is -0.473. The Morgan fingerprint density at radius 3 is 2.58 bits per heavy atom. The number of carbonyl (C=O) groups excluding carboxylic acids is 1. The second-order valence-electron chi connectivity index (χ2n) is 6.17. The molecule has 1 aliphatic carbocycles. The Hall–Kier alpha value is -2.82. The van der Waals surface area contributed by atoms with Gasteiger partial charge in [-0.25, -0.2) is 4.79 Å². The van der Waals surface area contributed by atoms with Crippen molar-refractivity contribution >= 4 is 11.7 Å². The Balaban J connectivity index is 1.62. The number of hydrogen-bond acceptors (Lipinski definition) is 5. The van der Waals surface area contributed by atoms with Gasteiger partial charge in [0, 0.05) is 5.56 Å². The molecule has 0 aliphatic heterocycles. The fraction of sp³-hybridized carbons (Fsp3) is 0.333. The Morgan fingerprint density at radius 1 is 1.08 bits per heavy atom. The van der Waals surface area contributed by atoms with Crippen molar-refractivity contribution in [2.45, 2.75) is 32.6 Å². The number of benzene rings is 2. The Labute approximate surface area is 153 Å². The third-order valence-corrected chi connectivity index (χ3v) is 4.35. The standard InChI is InChI=1S/C21H23NO4/c1-3-4-13-25-17-8-5-15(6-9-17)21(23)26-22-20-12-7-16-14-18(24-2)10-11-19(16)20/h5-6,8-11,14H,3-4,7,12-13H2,1-2H3. The van der Waals surface area contributed by atoms with Crippen LogP contribution in [0.15, 0.2) is 47.6 Å². The summed E-state index contributed by atoms with van der Waals surface area (Å²) in [4.78, 5) is 17.3. The molecule has 0 heterocycles. The third kappa shape index (κ3) is 4.23. The molecule has 26 heavy (non-hydrogen) atoms. The number of aryl methyl sites for hydroxylation is 1. The smallest absolute Gasteiger partial charge is 0.365 e. The van der Waals surface area contributed by atoms with Crippen LogP contribution in [0.25, 0.3) is 0 Å². The van der Waals surface area contributed by atoms with Crippen molar-refractivity contribution in [1.82, 2.24) is 0 Å². The van der Waals surface area contributed by atoms with Gasteiger partial charge >= 0.3 is 5.97 Å². The number of fused-ring (bicyclic) bond motifs is 1. The molecule has 136 valence electrons. The van der Waals surface area contributed by atoms with Crippen LogP contribution >= 0.6 is 0 Å². The van der Waals surface area contributed by atoms with Crippen molar-refractivity contribution in [3.8, 4) is 11.5 Å². The fourth-order valence-corrected chi connectivity index (χ4v) is 2.84. The van der Waals surface area contributed by atoms with E-state index in [1.807, 2.05) is 18.2 Å². The molecule has 0 fully saturated rings. The molecular formula is C21H23NO4. The van der Waals surface area contributed by atoms with E-state index in [4.69, 9.17) is 14.3 Å². The van der Waals surface area contributed by atoms with E-state index in [1.54, 1.807) is 31.4 Å². The lowest BCUT2D eigenvalue weighted by Crippen LogP contribution is -2.04. The molecule has 1 aliphatic rings. The number of hydrogen-bond donors (Lipinski definition) is 0. The van der Waals surface area contributed by atoms with Gasteiger partial charge in [-0.2, -0.15) is 0 Å². The molecule has 0 unspecified atom stereocenters. The van der Waals surface area contributed by atoms with Crippen LogP contribution in [0.5, 0.6) is 11.5 Å². The lowest BCUT2D eigenvalue weighted by Gasteiger charge is -2.06. The number of carbonyl (C=O) groups is 1. The predicted molar refractivity (Wildman–Crippen MR) is 100 cm³/mol. The summed E-state index contributed by atoms with van der Waals surface area (Å²) in [6.07, 6.45) is 3.71. The van der Waals surface area contributed by atoms with E-state index in [9.17, 15) is 4.79 Å². The summed E-state index contributed by atoms with van der Waals surface area (Å²) in [6, 6.07) is 12.8. The normalized spacial score (nSPS) is 14.2. The van der Waals surface area contributed by atoms with Crippen molar-refractivity contribution in [2.24, 2.45) is 5.16 Å². The SMILES string of the molecule is CCCCOc1ccc(C(=O)ON=C2CCc3cc(OC)ccc32)cc1. The molecule has 0 saturated carbocycles. The molecule has 0 spiro atoms. The number of ether oxygens (including phenoxy) is 2. The van der Waals surface area contributed by atoms with E-state index in [2.05, 4.69) is 12.1 Å². The molecule has 0 atom stereocenters. The van der Waals surface area contributed by atoms with Crippen LogP contribution in [0.2, 0.25) is 0 Å². The molecule has 5 nitrogen and oxygen atoms in total. The number of unbranched alkanes of at least 4 members (excludes halogenated alkanes) is 1. The predicted octanol–water partition coefficient (Wildman–Crippen LogP) is 4.38. The van der Waals surface area contributed by atoms with Crippen LogP contribution in [0, 0.1) is 0 Å². The topological polar surface area (TPSA) is 57.1 Å². The zero-order chi connectivity index (χ0) is 18.4. The summed E-state index contributed by atoms with van der Waals surface area (Å²) in [5, 5.41) is 4.07. The Morgan fingerprint density at radius 2 is 1.85 bits per heavy atom. The highest BCUT2D eigenvalue weighted by atomic mass is 16.7. The molecular weight excluding hydrogens is 330 g/mol. The summed E-state index contributed by atoms with van der Waals surface area (Å²) in [5.41, 5.74) is 3.41. The van der Waals surface area contributed by atoms with Crippen LogP contribution in [0.1, 0.15) is 47.7 Å². The minimum absolute atomic E-state index is 0.449. The van der Waals surface area contributed by atoms with Crippen molar-refractivity contribution < 1.29 is 19.1 Å². The first kappa shape index (κ1) is 18.0. The molecule has 0 N–H and O–H groups in total. The van der Waals surface area contributed by atoms with Gasteiger partial charge in [0.1, 0.15) is 11.5 Å². The average Bonchev–Trinajstić information content (AvgIpc) is 3.09. The summed E-state index contributed by atoms with van der Waals surface area (Å²) in [6.45, 7) is 2.79. The molecule has 5 heteroatoms. The summed E-state index contributed by atoms with van der Waals surface area (Å²) in [7, 11) is 1.65. The Kier molecular flexibility index (Phi) is 5.89. The van der Waals surface area contributed by atoms with Crippen molar-refractivity contribution in [3.05, 3.63) is 59.2 Å². The van der Waals surface area contributed by atoms with Gasteiger partial charge < -0.3 is 14.3 Å². The molecule has 0 bridgehead atoms. The first-order valence-corrected chi connectivity index (χ1v) is 8.89. The van der Waals surface area contributed by atoms with Crippen LogP contribution in [-0.2, 0) is 11.3 Å². The van der Waals surface area contributed by atoms with E-state index < -0.39 is 5.97 Å². The van der Waals surface area contributed by atoms with Gasteiger partial charge in [-0.3, -0.25) is 0 Å². The molecule has 2 aromatic carbocycles. The average molecular weight is 353 g/mol. The van der Waals surface area contributed by atoms with Crippen molar-refractivity contribution in [2.75, 3.05) is 13.7 Å². The van der Waals surface area contributed by atoms with Gasteiger partial charge in [0.15, 0.2) is 0 Å². The van der Waals surface area contributed by atoms with Crippen molar-refractivity contribution in [1.29, 1.82) is 0 Å². The molecule has 0 aromatic heterocycles. The maximum Gasteiger partial charge on any atom is 0.365 e. The second kappa shape index (κ2) is 8.52. The Bertz CT molecular complexity index is 796. The van der Waals surface area contributed by atoms with Gasteiger partial charge in [0.25, 0.3) is 0 Å². The van der Waals surface area contributed by atoms with Crippen LogP contribution < -0.4 is 9.47 Å². The zero-order valence-corrected chi connectivity index (χ0v) is 15.2. The highest BCUT2D eigenvalue weighted by Crippen LogP contribution is 2.27. The fourth-order valence-electron chi connectivity index (χ4n) is 2.84. The third-order valence-electron chi connectivity index (χ3n) is 4.35. The highest BCUT2D eigenvalue weighted by Gasteiger charge is 2.19. The summed E-state index contributed by atoms with van der Waals surface area (Å²) < 4.78 is 10.8. The maximum atomic E-state index is 12.2. The van der Waals surface area contributed by atoms with Crippen molar-refractivity contribution in [3.63, 3.8) is 0 Å². The molecule has 0 radical (unpaired) electrons. The summed E-state index contributed by atoms with van der Waals surface area (Å²) in [5.74, 6) is 1.10. The highest BCUT2D eigenvalue weighted by molar-refractivity contribution is 6.04. The first-order chi connectivity index (χ1) is 12.7. The number of nitrogens with zero attached hydrogens (tertiary/aromatic N) is 1. The van der Waals surface area contributed by atoms with E-state index in [0.717, 1.165) is 54.0 Å². The lowest BCUT2D eigenvalue weighted by atomic mass is 10.1. The van der Waals surface area contributed by atoms with Gasteiger partial charge in [-0.15, -0.1) is 0 Å². The quantitative estimate of drug-likeness (QED) is 0.421. The van der Waals surface area contributed by atoms with E-state index in [0.29, 0.717) is 12.2 Å². The van der Waals surface area contributed by atoms with Crippen LogP contribution in [-0.4, -0.2) is 25.4 Å². The second-order valence-corrected chi connectivity index (χ2v) is 6.17. The first-order valence-electron chi connectivity index (χ1n) is 8.89. The monoisotopic (exact) mass is 353 g/mol. The van der Waals surface area contributed by atoms with Crippen LogP contribution in [0.4, 0.5) is 0 Å². The maximum absolute atomic E-state index is 12.2. The molecule has 2 aromatic rings. The molecule has 3 rings (SSSR count).